The number of pyridine rings is 2. The van der Waals surface area contributed by atoms with Crippen molar-refractivity contribution >= 4 is 34.0 Å². The maximum atomic E-state index is 13.3. The average molecular weight is 440 g/mol. The standard InChI is InChI=1S/C23H23ClFN5O/c1-14-13-30(11-10-23(14,2)28-16-6-4-15(25)5-7-16)21-17(12-26)22(31)29(3)18-8-9-19(24)27-20(18)21/h4-9,14,28H,10-11,13H2,1-3H3/t14-,23-/m1/s1. The molecule has 160 valence electrons. The largest absolute Gasteiger partial charge is 0.379 e. The summed E-state index contributed by atoms with van der Waals surface area (Å²) in [5.74, 6) is -0.109. The number of anilines is 2. The Morgan fingerprint density at radius 1 is 1.29 bits per heavy atom. The number of rotatable bonds is 3. The molecule has 0 aliphatic carbocycles. The van der Waals surface area contributed by atoms with Crippen LogP contribution in [0.5, 0.6) is 0 Å². The first kappa shape index (κ1) is 21.1. The van der Waals surface area contributed by atoms with Crippen molar-refractivity contribution in [1.29, 1.82) is 5.26 Å². The normalized spacial score (nSPS) is 21.2. The highest BCUT2D eigenvalue weighted by Gasteiger charge is 2.38. The molecule has 2 atom stereocenters. The summed E-state index contributed by atoms with van der Waals surface area (Å²) in [6.07, 6.45) is 0.758. The molecule has 31 heavy (non-hydrogen) atoms. The number of halogens is 2. The van der Waals surface area contributed by atoms with Gasteiger partial charge in [0.15, 0.2) is 0 Å². The Morgan fingerprint density at radius 2 is 2.00 bits per heavy atom. The molecule has 1 aromatic carbocycles. The van der Waals surface area contributed by atoms with E-state index in [1.165, 1.54) is 16.7 Å². The van der Waals surface area contributed by atoms with Gasteiger partial charge in [0, 0.05) is 31.4 Å². The third-order valence-electron chi connectivity index (χ3n) is 6.37. The molecule has 0 saturated carbocycles. The number of aryl methyl sites for hydroxylation is 1. The monoisotopic (exact) mass is 439 g/mol. The number of fused-ring (bicyclic) bond motifs is 1. The van der Waals surface area contributed by atoms with Crippen molar-refractivity contribution in [3.8, 4) is 6.07 Å². The molecule has 1 saturated heterocycles. The van der Waals surface area contributed by atoms with Crippen LogP contribution in [0.25, 0.3) is 11.0 Å². The molecule has 6 nitrogen and oxygen atoms in total. The van der Waals surface area contributed by atoms with Crippen LogP contribution in [0.4, 0.5) is 15.8 Å². The van der Waals surface area contributed by atoms with Crippen LogP contribution in [-0.2, 0) is 7.05 Å². The molecule has 0 radical (unpaired) electrons. The highest BCUT2D eigenvalue weighted by Crippen LogP contribution is 2.36. The van der Waals surface area contributed by atoms with Crippen molar-refractivity contribution in [1.82, 2.24) is 9.55 Å². The summed E-state index contributed by atoms with van der Waals surface area (Å²) in [7, 11) is 1.63. The average Bonchev–Trinajstić information content (AvgIpc) is 2.74. The summed E-state index contributed by atoms with van der Waals surface area (Å²) >= 11 is 6.16. The summed E-state index contributed by atoms with van der Waals surface area (Å²) < 4.78 is 14.7. The van der Waals surface area contributed by atoms with Gasteiger partial charge in [0.2, 0.25) is 0 Å². The molecular formula is C23H23ClFN5O. The van der Waals surface area contributed by atoms with Gasteiger partial charge in [0.1, 0.15) is 28.1 Å². The predicted octanol–water partition coefficient (Wildman–Crippen LogP) is 4.31. The van der Waals surface area contributed by atoms with Crippen molar-refractivity contribution in [2.75, 3.05) is 23.3 Å². The molecule has 1 aliphatic rings. The molecule has 2 aromatic heterocycles. The predicted molar refractivity (Wildman–Crippen MR) is 121 cm³/mol. The Hall–Kier alpha value is -3.11. The van der Waals surface area contributed by atoms with Crippen molar-refractivity contribution in [3.05, 3.63) is 63.3 Å². The van der Waals surface area contributed by atoms with Crippen molar-refractivity contribution in [3.63, 3.8) is 0 Å². The van der Waals surface area contributed by atoms with E-state index < -0.39 is 0 Å². The van der Waals surface area contributed by atoms with Gasteiger partial charge in [0.05, 0.1) is 11.2 Å². The van der Waals surface area contributed by atoms with Crippen LogP contribution in [0.2, 0.25) is 5.15 Å². The van der Waals surface area contributed by atoms with Crippen LogP contribution in [0.15, 0.2) is 41.2 Å². The minimum atomic E-state index is -0.348. The molecule has 0 unspecified atom stereocenters. The zero-order valence-corrected chi connectivity index (χ0v) is 18.4. The zero-order valence-electron chi connectivity index (χ0n) is 17.6. The number of nitrogens with one attached hydrogen (secondary N) is 1. The van der Waals surface area contributed by atoms with E-state index in [1.807, 2.05) is 0 Å². The highest BCUT2D eigenvalue weighted by atomic mass is 35.5. The van der Waals surface area contributed by atoms with E-state index in [2.05, 4.69) is 35.1 Å². The minimum absolute atomic E-state index is 0.0760. The molecule has 3 heterocycles. The van der Waals surface area contributed by atoms with E-state index in [0.29, 0.717) is 35.0 Å². The quantitative estimate of drug-likeness (QED) is 0.615. The van der Waals surface area contributed by atoms with Crippen molar-refractivity contribution < 1.29 is 4.39 Å². The number of piperidine rings is 1. The Bertz CT molecular complexity index is 1250. The highest BCUT2D eigenvalue weighted by molar-refractivity contribution is 6.29. The van der Waals surface area contributed by atoms with Gasteiger partial charge in [-0.3, -0.25) is 4.79 Å². The fourth-order valence-corrected chi connectivity index (χ4v) is 4.41. The van der Waals surface area contributed by atoms with Crippen LogP contribution >= 0.6 is 11.6 Å². The molecule has 0 amide bonds. The SMILES string of the molecule is C[C@@H]1CN(c2c(C#N)c(=O)n(C)c3ccc(Cl)nc23)CC[C@@]1(C)Nc1ccc(F)cc1. The number of hydrogen-bond donors (Lipinski definition) is 1. The van der Waals surface area contributed by atoms with E-state index in [0.717, 1.165) is 12.1 Å². The lowest BCUT2D eigenvalue weighted by atomic mass is 9.80. The molecular weight excluding hydrogens is 417 g/mol. The maximum absolute atomic E-state index is 13.3. The lowest BCUT2D eigenvalue weighted by molar-refractivity contribution is 0.291. The number of benzene rings is 1. The fourth-order valence-electron chi connectivity index (χ4n) is 4.27. The molecule has 3 aromatic rings. The number of aromatic nitrogens is 2. The second-order valence-corrected chi connectivity index (χ2v) is 8.73. The first-order chi connectivity index (χ1) is 14.7. The molecule has 4 rings (SSSR count). The van der Waals surface area contributed by atoms with E-state index in [-0.39, 0.29) is 28.4 Å². The number of nitrogens with zero attached hydrogens (tertiary/aromatic N) is 4. The lowest BCUT2D eigenvalue weighted by Gasteiger charge is -2.46. The zero-order chi connectivity index (χ0) is 22.3. The van der Waals surface area contributed by atoms with Crippen LogP contribution in [-0.4, -0.2) is 28.2 Å². The smallest absolute Gasteiger partial charge is 0.270 e. The van der Waals surface area contributed by atoms with Gasteiger partial charge < -0.3 is 14.8 Å². The van der Waals surface area contributed by atoms with Crippen LogP contribution in [0.3, 0.4) is 0 Å². The number of hydrogen-bond acceptors (Lipinski definition) is 5. The third-order valence-corrected chi connectivity index (χ3v) is 6.58. The summed E-state index contributed by atoms with van der Waals surface area (Å²) in [6, 6.07) is 11.8. The van der Waals surface area contributed by atoms with E-state index >= 15 is 0 Å². The molecule has 0 bridgehead atoms. The molecule has 0 spiro atoms. The van der Waals surface area contributed by atoms with Gasteiger partial charge in [-0.1, -0.05) is 18.5 Å². The third kappa shape index (κ3) is 3.72. The summed E-state index contributed by atoms with van der Waals surface area (Å²) in [5.41, 5.74) is 2.07. The Balaban J connectivity index is 1.72. The second kappa shape index (κ2) is 7.86. The second-order valence-electron chi connectivity index (χ2n) is 8.35. The molecule has 1 aliphatic heterocycles. The molecule has 1 N–H and O–H groups in total. The van der Waals surface area contributed by atoms with Gasteiger partial charge >= 0.3 is 0 Å². The van der Waals surface area contributed by atoms with Gasteiger partial charge in [0.25, 0.3) is 5.56 Å². The van der Waals surface area contributed by atoms with Crippen LogP contribution in [0, 0.1) is 23.1 Å². The van der Waals surface area contributed by atoms with Crippen molar-refractivity contribution in [2.45, 2.75) is 25.8 Å². The minimum Gasteiger partial charge on any atom is -0.379 e. The first-order valence-corrected chi connectivity index (χ1v) is 10.5. The van der Waals surface area contributed by atoms with E-state index in [1.54, 1.807) is 31.3 Å². The van der Waals surface area contributed by atoms with Crippen LogP contribution < -0.4 is 15.8 Å². The Kier molecular flexibility index (Phi) is 5.36. The Morgan fingerprint density at radius 3 is 2.65 bits per heavy atom. The topological polar surface area (TPSA) is 74.0 Å². The van der Waals surface area contributed by atoms with Gasteiger partial charge in [-0.15, -0.1) is 0 Å². The summed E-state index contributed by atoms with van der Waals surface area (Å²) in [6.45, 7) is 5.51. The summed E-state index contributed by atoms with van der Waals surface area (Å²) in [5, 5.41) is 13.6. The van der Waals surface area contributed by atoms with Gasteiger partial charge in [-0.25, -0.2) is 9.37 Å². The van der Waals surface area contributed by atoms with Crippen molar-refractivity contribution in [2.24, 2.45) is 13.0 Å². The van der Waals surface area contributed by atoms with E-state index in [4.69, 9.17) is 11.6 Å². The first-order valence-electron chi connectivity index (χ1n) is 10.1. The maximum Gasteiger partial charge on any atom is 0.270 e. The van der Waals surface area contributed by atoms with Gasteiger partial charge in [-0.05, 0) is 55.7 Å². The molecule has 8 heteroatoms. The molecule has 1 fully saturated rings. The fraction of sp³-hybridized carbons (Fsp3) is 0.348. The van der Waals surface area contributed by atoms with Crippen LogP contribution in [0.1, 0.15) is 25.8 Å². The lowest BCUT2D eigenvalue weighted by Crippen LogP contribution is -2.54. The number of nitriles is 1. The van der Waals surface area contributed by atoms with E-state index in [9.17, 15) is 14.4 Å². The van der Waals surface area contributed by atoms with Gasteiger partial charge in [-0.2, -0.15) is 5.26 Å². The Labute approximate surface area is 184 Å². The summed E-state index contributed by atoms with van der Waals surface area (Å²) in [4.78, 5) is 19.4.